The van der Waals surface area contributed by atoms with Crippen molar-refractivity contribution in [3.8, 4) is 0 Å². The maximum Gasteiger partial charge on any atom is 1.00 e. The number of carbonyl (C=O) groups excluding carboxylic acids is 3. The van der Waals surface area contributed by atoms with Gasteiger partial charge in [-0.2, -0.15) is 0 Å². The van der Waals surface area contributed by atoms with Gasteiger partial charge in [0.05, 0.1) is 0 Å². The predicted octanol–water partition coefficient (Wildman–Crippen LogP) is -11.9. The van der Waals surface area contributed by atoms with Gasteiger partial charge in [0, 0.05) is 29.3 Å². The minimum absolute atomic E-state index is 0. The van der Waals surface area contributed by atoms with E-state index in [4.69, 9.17) is 0 Å². The van der Waals surface area contributed by atoms with Crippen LogP contribution in [0.4, 0.5) is 0 Å². The van der Waals surface area contributed by atoms with E-state index in [0.29, 0.717) is 17.0 Å². The Morgan fingerprint density at radius 3 is 1.38 bits per heavy atom. The van der Waals surface area contributed by atoms with Crippen LogP contribution in [0, 0.1) is 0 Å². The van der Waals surface area contributed by atoms with Crippen LogP contribution >= 0.6 is 0 Å². The molecule has 1 heterocycles. The molecule has 0 amide bonds. The van der Waals surface area contributed by atoms with E-state index in [1.807, 2.05) is 0 Å². The van der Waals surface area contributed by atoms with Crippen molar-refractivity contribution in [2.45, 2.75) is 38.5 Å². The zero-order valence-corrected chi connectivity index (χ0v) is 14.3. The Hall–Kier alpha value is -0.648. The van der Waals surface area contributed by atoms with E-state index in [1.165, 1.54) is 0 Å². The van der Waals surface area contributed by atoms with Crippen molar-refractivity contribution in [1.82, 2.24) is 4.98 Å². The van der Waals surface area contributed by atoms with E-state index in [0.717, 1.165) is 0 Å². The van der Waals surface area contributed by atoms with Gasteiger partial charge in [0.2, 0.25) is 0 Å². The normalized spacial score (nSPS) is 9.00. The van der Waals surface area contributed by atoms with Gasteiger partial charge in [0.25, 0.3) is 0 Å². The molecule has 10 heteroatoms. The molecule has 7 nitrogen and oxygen atoms in total. The van der Waals surface area contributed by atoms with E-state index < -0.39 is 17.9 Å². The molecule has 0 N–H and O–H groups in total. The number of carbonyl (C=O) groups is 3. The fourth-order valence-corrected chi connectivity index (χ4v) is 1.83. The molecule has 0 bridgehead atoms. The van der Waals surface area contributed by atoms with Gasteiger partial charge in [-0.3, -0.25) is 4.98 Å². The Bertz CT molecular complexity index is 465. The summed E-state index contributed by atoms with van der Waals surface area (Å²) in [6.45, 7) is 0. The molecule has 0 spiro atoms. The van der Waals surface area contributed by atoms with E-state index in [-0.39, 0.29) is 95.1 Å². The third kappa shape index (κ3) is 12.7. The van der Waals surface area contributed by atoms with Gasteiger partial charge >= 0.3 is 56.6 Å². The van der Waals surface area contributed by atoms with Crippen LogP contribution in [0.25, 0.3) is 0 Å². The molecule has 0 fully saturated rings. The van der Waals surface area contributed by atoms with Gasteiger partial charge in [-0.1, -0.05) is 0 Å². The molecule has 0 aliphatic carbocycles. The predicted molar refractivity (Wildman–Crippen MR) is 64.2 cm³/mol. The topological polar surface area (TPSA) is 133 Å². The standard InChI is InChI=1S/C14H17NO6.3Li/c16-12(17)4-1-9-7-10(2-5-13(18)19)15-11(8-9)3-6-14(20)21;;;/h7-8H,1-6H2,(H,16,17)(H,18,19)(H,20,21);;;/q;3*+1/p-3. The molecule has 1 aromatic heterocycles. The summed E-state index contributed by atoms with van der Waals surface area (Å²) in [6.07, 6.45) is -0.112. The van der Waals surface area contributed by atoms with Gasteiger partial charge < -0.3 is 29.7 Å². The van der Waals surface area contributed by atoms with Gasteiger partial charge in [0.1, 0.15) is 0 Å². The zero-order chi connectivity index (χ0) is 15.8. The van der Waals surface area contributed by atoms with Gasteiger partial charge in [-0.15, -0.1) is 0 Å². The number of hydrogen-bond donors (Lipinski definition) is 0. The molecule has 0 unspecified atom stereocenters. The second-order valence-corrected chi connectivity index (χ2v) is 4.57. The first-order valence-corrected chi connectivity index (χ1v) is 6.45. The number of aryl methyl sites for hydroxylation is 3. The largest absolute Gasteiger partial charge is 1.00 e. The summed E-state index contributed by atoms with van der Waals surface area (Å²) in [5, 5.41) is 31.4. The summed E-state index contributed by atoms with van der Waals surface area (Å²) in [5.74, 6) is -3.62. The number of aromatic nitrogens is 1. The Morgan fingerprint density at radius 2 is 1.04 bits per heavy atom. The summed E-state index contributed by atoms with van der Waals surface area (Å²) in [4.78, 5) is 35.6. The molecular weight excluding hydrogens is 299 g/mol. The Kier molecular flexibility index (Phi) is 17.2. The van der Waals surface area contributed by atoms with Crippen LogP contribution in [-0.4, -0.2) is 22.9 Å². The quantitative estimate of drug-likeness (QED) is 0.413. The molecule has 0 saturated heterocycles. The van der Waals surface area contributed by atoms with E-state index >= 15 is 0 Å². The smallest absolute Gasteiger partial charge is 0.550 e. The second-order valence-electron chi connectivity index (χ2n) is 4.57. The van der Waals surface area contributed by atoms with Crippen LogP contribution in [-0.2, 0) is 33.6 Å². The second kappa shape index (κ2) is 14.7. The Balaban J connectivity index is -0.00000147. The van der Waals surface area contributed by atoms with Crippen molar-refractivity contribution in [2.24, 2.45) is 0 Å². The van der Waals surface area contributed by atoms with Crippen LogP contribution in [0.3, 0.4) is 0 Å². The molecule has 114 valence electrons. The molecular formula is C14H14Li3NO6. The third-order valence-electron chi connectivity index (χ3n) is 2.78. The van der Waals surface area contributed by atoms with Crippen LogP contribution in [0.15, 0.2) is 12.1 Å². The molecule has 0 saturated carbocycles. The summed E-state index contributed by atoms with van der Waals surface area (Å²) in [5.41, 5.74) is 1.57. The molecule has 0 aliphatic rings. The number of carboxylic acid groups (broad SMARTS) is 3. The molecule has 0 aromatic carbocycles. The number of carboxylic acids is 3. The van der Waals surface area contributed by atoms with E-state index in [9.17, 15) is 29.7 Å². The molecule has 1 aromatic rings. The van der Waals surface area contributed by atoms with Crippen molar-refractivity contribution >= 4 is 17.9 Å². The minimum atomic E-state index is -1.21. The van der Waals surface area contributed by atoms with Crippen LogP contribution in [0.2, 0.25) is 0 Å². The average molecular weight is 313 g/mol. The average Bonchev–Trinajstić information content (AvgIpc) is 2.40. The number of nitrogens with zero attached hydrogens (tertiary/aromatic N) is 1. The first-order chi connectivity index (χ1) is 9.86. The maximum atomic E-state index is 10.5. The maximum absolute atomic E-state index is 10.5. The summed E-state index contributed by atoms with van der Waals surface area (Å²) < 4.78 is 0. The summed E-state index contributed by atoms with van der Waals surface area (Å²) in [6, 6.07) is 3.21. The number of pyridine rings is 1. The van der Waals surface area contributed by atoms with Gasteiger partial charge in [-0.25, -0.2) is 0 Å². The van der Waals surface area contributed by atoms with Crippen LogP contribution in [0.5, 0.6) is 0 Å². The van der Waals surface area contributed by atoms with Crippen molar-refractivity contribution in [2.75, 3.05) is 0 Å². The van der Waals surface area contributed by atoms with Crippen molar-refractivity contribution < 1.29 is 86.3 Å². The number of hydrogen-bond acceptors (Lipinski definition) is 7. The number of rotatable bonds is 9. The summed E-state index contributed by atoms with van der Waals surface area (Å²) >= 11 is 0. The Morgan fingerprint density at radius 1 is 0.708 bits per heavy atom. The third-order valence-corrected chi connectivity index (χ3v) is 2.78. The first-order valence-electron chi connectivity index (χ1n) is 6.45. The molecule has 0 radical (unpaired) electrons. The monoisotopic (exact) mass is 313 g/mol. The van der Waals surface area contributed by atoms with Crippen molar-refractivity contribution in [1.29, 1.82) is 0 Å². The summed E-state index contributed by atoms with van der Waals surface area (Å²) in [7, 11) is 0. The van der Waals surface area contributed by atoms with Gasteiger partial charge in [-0.05, 0) is 56.2 Å². The van der Waals surface area contributed by atoms with Gasteiger partial charge in [0.15, 0.2) is 0 Å². The zero-order valence-electron chi connectivity index (χ0n) is 14.3. The van der Waals surface area contributed by atoms with Crippen molar-refractivity contribution in [3.63, 3.8) is 0 Å². The van der Waals surface area contributed by atoms with E-state index in [1.54, 1.807) is 12.1 Å². The van der Waals surface area contributed by atoms with Crippen molar-refractivity contribution in [3.05, 3.63) is 29.1 Å². The molecule has 24 heavy (non-hydrogen) atoms. The molecule has 1 rings (SSSR count). The van der Waals surface area contributed by atoms with Crippen LogP contribution in [0.1, 0.15) is 36.2 Å². The minimum Gasteiger partial charge on any atom is -0.550 e. The Labute approximate surface area is 176 Å². The fourth-order valence-electron chi connectivity index (χ4n) is 1.83. The van der Waals surface area contributed by atoms with Crippen LogP contribution < -0.4 is 71.9 Å². The fraction of sp³-hybridized carbons (Fsp3) is 0.429. The first kappa shape index (κ1) is 28.2. The van der Waals surface area contributed by atoms with E-state index in [2.05, 4.69) is 4.98 Å². The molecule has 0 aliphatic heterocycles. The molecule has 0 atom stereocenters. The number of aliphatic carboxylic acids is 3. The SMILES string of the molecule is O=C([O-])CCc1cc(CCC(=O)[O-])nc(CCC(=O)[O-])c1.[Li+].[Li+].[Li+].